The summed E-state index contributed by atoms with van der Waals surface area (Å²) in [6.45, 7) is 3.54. The first kappa shape index (κ1) is 21.7. The number of rotatable bonds is 4. The summed E-state index contributed by atoms with van der Waals surface area (Å²) in [4.78, 5) is 29.7. The number of morpholine rings is 1. The maximum Gasteiger partial charge on any atom is 0.274 e. The summed E-state index contributed by atoms with van der Waals surface area (Å²) in [5.74, 6) is 0.586. The molecule has 2 aromatic heterocycles. The monoisotopic (exact) mass is 468 g/mol. The fourth-order valence-corrected chi connectivity index (χ4v) is 4.61. The van der Waals surface area contributed by atoms with Crippen LogP contribution in [0.15, 0.2) is 53.1 Å². The SMILES string of the molecule is O=C(c1cc(-c2ccco2)n(-c2cccc(Cl)c2)n1)N1CCC(C(=O)N2CCOCC2)CC1. The molecule has 2 saturated heterocycles. The van der Waals surface area contributed by atoms with Crippen LogP contribution in [0.25, 0.3) is 17.1 Å². The highest BCUT2D eigenvalue weighted by molar-refractivity contribution is 6.30. The number of furan rings is 1. The molecule has 2 amide bonds. The summed E-state index contributed by atoms with van der Waals surface area (Å²) < 4.78 is 12.6. The summed E-state index contributed by atoms with van der Waals surface area (Å²) in [5, 5.41) is 5.18. The molecule has 1 aromatic carbocycles. The maximum atomic E-state index is 13.3. The lowest BCUT2D eigenvalue weighted by molar-refractivity contribution is -0.141. The van der Waals surface area contributed by atoms with Crippen LogP contribution < -0.4 is 0 Å². The molecule has 4 heterocycles. The first-order valence-corrected chi connectivity index (χ1v) is 11.5. The number of amides is 2. The lowest BCUT2D eigenvalue weighted by Crippen LogP contribution is -2.47. The van der Waals surface area contributed by atoms with E-state index in [1.165, 1.54) is 0 Å². The third kappa shape index (κ3) is 4.54. The first-order valence-electron chi connectivity index (χ1n) is 11.2. The molecule has 172 valence electrons. The third-order valence-corrected chi connectivity index (χ3v) is 6.44. The van der Waals surface area contributed by atoms with Crippen molar-refractivity contribution < 1.29 is 18.7 Å². The Bertz CT molecular complexity index is 1130. The van der Waals surface area contributed by atoms with Gasteiger partial charge in [-0.2, -0.15) is 5.10 Å². The van der Waals surface area contributed by atoms with E-state index in [1.807, 2.05) is 23.1 Å². The maximum absolute atomic E-state index is 13.3. The second-order valence-electron chi connectivity index (χ2n) is 8.29. The quantitative estimate of drug-likeness (QED) is 0.585. The fraction of sp³-hybridized carbons (Fsp3) is 0.375. The van der Waals surface area contributed by atoms with E-state index in [9.17, 15) is 9.59 Å². The number of benzene rings is 1. The zero-order valence-electron chi connectivity index (χ0n) is 18.2. The molecule has 5 rings (SSSR count). The number of halogens is 1. The van der Waals surface area contributed by atoms with Crippen LogP contribution in [-0.2, 0) is 9.53 Å². The molecule has 0 atom stereocenters. The number of hydrogen-bond donors (Lipinski definition) is 0. The van der Waals surface area contributed by atoms with Gasteiger partial charge in [-0.15, -0.1) is 0 Å². The van der Waals surface area contributed by atoms with Crippen molar-refractivity contribution in [2.45, 2.75) is 12.8 Å². The Morgan fingerprint density at radius 3 is 2.45 bits per heavy atom. The van der Waals surface area contributed by atoms with Crippen molar-refractivity contribution >= 4 is 23.4 Å². The molecule has 0 aliphatic carbocycles. The van der Waals surface area contributed by atoms with Gasteiger partial charge in [-0.25, -0.2) is 4.68 Å². The highest BCUT2D eigenvalue weighted by Gasteiger charge is 2.32. The minimum Gasteiger partial charge on any atom is -0.463 e. The van der Waals surface area contributed by atoms with Crippen molar-refractivity contribution in [3.63, 3.8) is 0 Å². The third-order valence-electron chi connectivity index (χ3n) is 6.21. The summed E-state index contributed by atoms with van der Waals surface area (Å²) in [5.41, 5.74) is 1.74. The first-order chi connectivity index (χ1) is 16.1. The number of piperidine rings is 1. The van der Waals surface area contributed by atoms with Gasteiger partial charge in [0.25, 0.3) is 5.91 Å². The van der Waals surface area contributed by atoms with Crippen molar-refractivity contribution in [1.82, 2.24) is 19.6 Å². The van der Waals surface area contributed by atoms with Gasteiger partial charge in [0, 0.05) is 43.2 Å². The molecular formula is C24H25ClN4O4. The van der Waals surface area contributed by atoms with Crippen LogP contribution in [0.4, 0.5) is 0 Å². The van der Waals surface area contributed by atoms with Gasteiger partial charge in [0.2, 0.25) is 5.91 Å². The van der Waals surface area contributed by atoms with Crippen LogP contribution in [0.3, 0.4) is 0 Å². The molecule has 2 aliphatic rings. The molecule has 0 radical (unpaired) electrons. The van der Waals surface area contributed by atoms with Crippen molar-refractivity contribution in [3.8, 4) is 17.1 Å². The largest absolute Gasteiger partial charge is 0.463 e. The Balaban J connectivity index is 1.33. The van der Waals surface area contributed by atoms with Crippen molar-refractivity contribution in [3.05, 3.63) is 59.4 Å². The smallest absolute Gasteiger partial charge is 0.274 e. The summed E-state index contributed by atoms with van der Waals surface area (Å²) in [6, 6.07) is 12.7. The lowest BCUT2D eigenvalue weighted by Gasteiger charge is -2.35. The minimum absolute atomic E-state index is 0.0464. The summed E-state index contributed by atoms with van der Waals surface area (Å²) in [6.07, 6.45) is 2.90. The average Bonchev–Trinajstić information content (AvgIpc) is 3.54. The van der Waals surface area contributed by atoms with E-state index in [2.05, 4.69) is 5.10 Å². The predicted molar refractivity (Wildman–Crippen MR) is 122 cm³/mol. The van der Waals surface area contributed by atoms with Gasteiger partial charge in [-0.1, -0.05) is 17.7 Å². The molecule has 33 heavy (non-hydrogen) atoms. The molecule has 0 saturated carbocycles. The number of ether oxygens (including phenoxy) is 1. The van der Waals surface area contributed by atoms with E-state index in [4.69, 9.17) is 20.8 Å². The van der Waals surface area contributed by atoms with Gasteiger partial charge in [0.15, 0.2) is 11.5 Å². The molecule has 2 aliphatic heterocycles. The number of aromatic nitrogens is 2. The van der Waals surface area contributed by atoms with Crippen molar-refractivity contribution in [1.29, 1.82) is 0 Å². The van der Waals surface area contributed by atoms with Gasteiger partial charge >= 0.3 is 0 Å². The van der Waals surface area contributed by atoms with E-state index in [0.717, 1.165) is 5.69 Å². The minimum atomic E-state index is -0.152. The van der Waals surface area contributed by atoms with E-state index in [-0.39, 0.29) is 17.7 Å². The Morgan fingerprint density at radius 2 is 1.76 bits per heavy atom. The lowest BCUT2D eigenvalue weighted by atomic mass is 9.95. The van der Waals surface area contributed by atoms with Gasteiger partial charge < -0.3 is 19.0 Å². The Labute approximate surface area is 196 Å². The van der Waals surface area contributed by atoms with Crippen LogP contribution in [0.2, 0.25) is 5.02 Å². The van der Waals surface area contributed by atoms with Crippen LogP contribution in [0.1, 0.15) is 23.3 Å². The number of likely N-dealkylation sites (tertiary alicyclic amines) is 1. The molecule has 3 aromatic rings. The normalized spacial score (nSPS) is 17.4. The van der Waals surface area contributed by atoms with E-state index >= 15 is 0 Å². The number of nitrogens with zero attached hydrogens (tertiary/aromatic N) is 4. The highest BCUT2D eigenvalue weighted by Crippen LogP contribution is 2.27. The van der Waals surface area contributed by atoms with E-state index in [0.29, 0.717) is 74.4 Å². The van der Waals surface area contributed by atoms with Crippen LogP contribution in [-0.4, -0.2) is 70.8 Å². The topological polar surface area (TPSA) is 80.8 Å². The molecule has 8 nitrogen and oxygen atoms in total. The molecule has 9 heteroatoms. The van der Waals surface area contributed by atoms with Crippen molar-refractivity contribution in [2.24, 2.45) is 5.92 Å². The Morgan fingerprint density at radius 1 is 0.970 bits per heavy atom. The number of carbonyl (C=O) groups excluding carboxylic acids is 2. The van der Waals surface area contributed by atoms with Crippen LogP contribution in [0, 0.1) is 5.92 Å². The average molecular weight is 469 g/mol. The molecule has 0 N–H and O–H groups in total. The second kappa shape index (κ2) is 9.41. The zero-order valence-corrected chi connectivity index (χ0v) is 18.9. The highest BCUT2D eigenvalue weighted by atomic mass is 35.5. The molecule has 0 spiro atoms. The Hall–Kier alpha value is -3.10. The fourth-order valence-electron chi connectivity index (χ4n) is 4.42. The van der Waals surface area contributed by atoms with Gasteiger partial charge in [-0.3, -0.25) is 9.59 Å². The zero-order chi connectivity index (χ0) is 22.8. The van der Waals surface area contributed by atoms with E-state index < -0.39 is 0 Å². The van der Waals surface area contributed by atoms with Gasteiger partial charge in [-0.05, 0) is 43.2 Å². The summed E-state index contributed by atoms with van der Waals surface area (Å²) in [7, 11) is 0. The predicted octanol–water partition coefficient (Wildman–Crippen LogP) is 3.50. The van der Waals surface area contributed by atoms with Crippen LogP contribution >= 0.6 is 11.6 Å². The second-order valence-corrected chi connectivity index (χ2v) is 8.72. The molecule has 2 fully saturated rings. The standard InChI is InChI=1S/C24H25ClN4O4/c25-18-3-1-4-19(15-18)29-21(22-5-2-12-33-22)16-20(26-29)24(31)27-8-6-17(7-9-27)23(30)28-10-13-32-14-11-28/h1-5,12,15-17H,6-11,13-14H2. The van der Waals surface area contributed by atoms with Gasteiger partial charge in [0.05, 0.1) is 25.2 Å². The molecule has 0 unspecified atom stereocenters. The Kier molecular flexibility index (Phi) is 6.20. The summed E-state index contributed by atoms with van der Waals surface area (Å²) >= 11 is 6.18. The molecule has 0 bridgehead atoms. The molecular weight excluding hydrogens is 444 g/mol. The van der Waals surface area contributed by atoms with E-state index in [1.54, 1.807) is 40.1 Å². The number of hydrogen-bond acceptors (Lipinski definition) is 5. The number of carbonyl (C=O) groups is 2. The van der Waals surface area contributed by atoms with Crippen LogP contribution in [0.5, 0.6) is 0 Å². The van der Waals surface area contributed by atoms with Crippen molar-refractivity contribution in [2.75, 3.05) is 39.4 Å². The van der Waals surface area contributed by atoms with Gasteiger partial charge in [0.1, 0.15) is 5.69 Å².